The highest BCUT2D eigenvalue weighted by Gasteiger charge is 2.21. The summed E-state index contributed by atoms with van der Waals surface area (Å²) in [6.45, 7) is 6.87. The maximum absolute atomic E-state index is 12.0. The van der Waals surface area contributed by atoms with Gasteiger partial charge in [0.15, 0.2) is 11.6 Å². The van der Waals surface area contributed by atoms with Gasteiger partial charge in [0.2, 0.25) is 0 Å². The lowest BCUT2D eigenvalue weighted by atomic mass is 9.89. The van der Waals surface area contributed by atoms with Crippen LogP contribution in [0.3, 0.4) is 0 Å². The number of hydrogen-bond donors (Lipinski definition) is 0. The molecule has 0 aromatic heterocycles. The van der Waals surface area contributed by atoms with Crippen LogP contribution in [-0.2, 0) is 14.4 Å². The molecule has 0 aliphatic heterocycles. The molecule has 0 N–H and O–H groups in total. The first kappa shape index (κ1) is 15.3. The number of carbonyl (C=O) groups excluding carboxylic acids is 3. The minimum absolute atomic E-state index is 0.0484. The molecule has 0 saturated heterocycles. The van der Waals surface area contributed by atoms with E-state index in [0.29, 0.717) is 36.0 Å². The van der Waals surface area contributed by atoms with Crippen molar-refractivity contribution < 1.29 is 14.4 Å². The van der Waals surface area contributed by atoms with Gasteiger partial charge in [-0.3, -0.25) is 9.59 Å². The molecule has 1 aliphatic rings. The number of carbonyl (C=O) groups is 3. The van der Waals surface area contributed by atoms with E-state index in [9.17, 15) is 14.4 Å². The van der Waals surface area contributed by atoms with E-state index in [-0.39, 0.29) is 17.3 Å². The average molecular weight is 260 g/mol. The van der Waals surface area contributed by atoms with Gasteiger partial charge in [-0.15, -0.1) is 0 Å². The second kappa shape index (κ2) is 6.41. The molecule has 1 rings (SSSR count). The summed E-state index contributed by atoms with van der Waals surface area (Å²) < 4.78 is 0. The predicted octanol–water partition coefficient (Wildman–Crippen LogP) is 3.11. The summed E-state index contributed by atoms with van der Waals surface area (Å²) in [6.07, 6.45) is 5.04. The molecule has 0 aromatic rings. The number of rotatable bonds is 5. The van der Waals surface area contributed by atoms with Gasteiger partial charge in [-0.05, 0) is 46.6 Å². The monoisotopic (exact) mass is 260 g/mol. The predicted molar refractivity (Wildman–Crippen MR) is 74.8 cm³/mol. The zero-order chi connectivity index (χ0) is 14.6. The Hall–Kier alpha value is -1.77. The van der Waals surface area contributed by atoms with Crippen molar-refractivity contribution in [3.63, 3.8) is 0 Å². The molecular formula is C16H20O3. The lowest BCUT2D eigenvalue weighted by Gasteiger charge is -2.13. The molecule has 0 heterocycles. The largest absolute Gasteiger partial charge is 0.300 e. The van der Waals surface area contributed by atoms with Crippen LogP contribution in [0.5, 0.6) is 0 Å². The summed E-state index contributed by atoms with van der Waals surface area (Å²) in [5, 5.41) is 0. The second-order valence-electron chi connectivity index (χ2n) is 5.07. The van der Waals surface area contributed by atoms with Gasteiger partial charge in [0, 0.05) is 23.1 Å². The fourth-order valence-corrected chi connectivity index (χ4v) is 1.84. The molecule has 0 aromatic carbocycles. The Morgan fingerprint density at radius 1 is 1.11 bits per heavy atom. The molecule has 0 fully saturated rings. The van der Waals surface area contributed by atoms with Crippen LogP contribution < -0.4 is 0 Å². The zero-order valence-electron chi connectivity index (χ0n) is 12.0. The van der Waals surface area contributed by atoms with Crippen LogP contribution >= 0.6 is 0 Å². The van der Waals surface area contributed by atoms with Crippen LogP contribution in [0.15, 0.2) is 34.4 Å². The summed E-state index contributed by atoms with van der Waals surface area (Å²) in [7, 11) is 0. The van der Waals surface area contributed by atoms with Gasteiger partial charge >= 0.3 is 0 Å². The highest BCUT2D eigenvalue weighted by Crippen LogP contribution is 2.21. The Morgan fingerprint density at radius 3 is 2.32 bits per heavy atom. The molecule has 3 heteroatoms. The molecule has 0 spiro atoms. The number of Topliss-reactive ketones (excluding diaryl/α,β-unsaturated/α-hetero) is 2. The van der Waals surface area contributed by atoms with Gasteiger partial charge in [0.1, 0.15) is 5.78 Å². The van der Waals surface area contributed by atoms with Crippen LogP contribution in [0.4, 0.5) is 0 Å². The highest BCUT2D eigenvalue weighted by molar-refractivity contribution is 6.22. The molecule has 1 aliphatic carbocycles. The molecule has 19 heavy (non-hydrogen) atoms. The second-order valence-corrected chi connectivity index (χ2v) is 5.07. The summed E-state index contributed by atoms with van der Waals surface area (Å²) in [5.41, 5.74) is 2.68. The Morgan fingerprint density at radius 2 is 1.74 bits per heavy atom. The topological polar surface area (TPSA) is 51.2 Å². The molecule has 0 saturated carbocycles. The van der Waals surface area contributed by atoms with Crippen LogP contribution in [-0.4, -0.2) is 17.3 Å². The lowest BCUT2D eigenvalue weighted by Crippen LogP contribution is -2.16. The molecule has 102 valence electrons. The van der Waals surface area contributed by atoms with Crippen molar-refractivity contribution in [1.29, 1.82) is 0 Å². The van der Waals surface area contributed by atoms with E-state index in [1.165, 1.54) is 6.08 Å². The quantitative estimate of drug-likeness (QED) is 0.563. The Balaban J connectivity index is 2.71. The van der Waals surface area contributed by atoms with Crippen molar-refractivity contribution in [2.45, 2.75) is 47.0 Å². The van der Waals surface area contributed by atoms with Crippen molar-refractivity contribution in [1.82, 2.24) is 0 Å². The minimum Gasteiger partial charge on any atom is -0.300 e. The van der Waals surface area contributed by atoms with Crippen molar-refractivity contribution in [3.05, 3.63) is 34.4 Å². The van der Waals surface area contributed by atoms with Crippen LogP contribution in [0.1, 0.15) is 47.0 Å². The first-order valence-electron chi connectivity index (χ1n) is 6.45. The first-order chi connectivity index (χ1) is 8.82. The molecule has 0 radical (unpaired) electrons. The third kappa shape index (κ3) is 4.12. The maximum Gasteiger partial charge on any atom is 0.185 e. The third-order valence-corrected chi connectivity index (χ3v) is 3.41. The summed E-state index contributed by atoms with van der Waals surface area (Å²) in [6, 6.07) is 0. The zero-order valence-corrected chi connectivity index (χ0v) is 12.0. The molecule has 0 unspecified atom stereocenters. The molecular weight excluding hydrogens is 240 g/mol. The number of allylic oxidation sites excluding steroid dienone is 6. The van der Waals surface area contributed by atoms with Gasteiger partial charge < -0.3 is 4.79 Å². The standard InChI is InChI=1S/C16H20O3/c1-10(5-7-11(2)17)6-8-14-9-15(18)12(3)13(4)16(14)19/h6,9H,5,7-8H2,1-4H3/b10-6+. The third-order valence-electron chi connectivity index (χ3n) is 3.41. The maximum atomic E-state index is 12.0. The molecule has 0 bridgehead atoms. The first-order valence-corrected chi connectivity index (χ1v) is 6.45. The van der Waals surface area contributed by atoms with Gasteiger partial charge in [-0.1, -0.05) is 11.6 Å². The summed E-state index contributed by atoms with van der Waals surface area (Å²) in [5.74, 6) is 0.0277. The molecule has 0 amide bonds. The lowest BCUT2D eigenvalue weighted by molar-refractivity contribution is -0.117. The van der Waals surface area contributed by atoms with Gasteiger partial charge in [0.05, 0.1) is 0 Å². The Bertz CT molecular complexity index is 516. The van der Waals surface area contributed by atoms with E-state index in [1.807, 2.05) is 13.0 Å². The van der Waals surface area contributed by atoms with Gasteiger partial charge in [-0.2, -0.15) is 0 Å². The minimum atomic E-state index is -0.0816. The highest BCUT2D eigenvalue weighted by atomic mass is 16.1. The average Bonchev–Trinajstić information content (AvgIpc) is 2.36. The van der Waals surface area contributed by atoms with E-state index in [0.717, 1.165) is 5.57 Å². The Labute approximate surface area is 114 Å². The van der Waals surface area contributed by atoms with Gasteiger partial charge in [0.25, 0.3) is 0 Å². The Kier molecular flexibility index (Phi) is 5.16. The number of ketones is 3. The number of hydrogen-bond acceptors (Lipinski definition) is 3. The van der Waals surface area contributed by atoms with Crippen LogP contribution in [0.2, 0.25) is 0 Å². The smallest absolute Gasteiger partial charge is 0.185 e. The van der Waals surface area contributed by atoms with Crippen LogP contribution in [0.25, 0.3) is 0 Å². The van der Waals surface area contributed by atoms with Crippen molar-refractivity contribution in [3.8, 4) is 0 Å². The van der Waals surface area contributed by atoms with E-state index in [4.69, 9.17) is 0 Å². The summed E-state index contributed by atoms with van der Waals surface area (Å²) in [4.78, 5) is 34.6. The van der Waals surface area contributed by atoms with E-state index >= 15 is 0 Å². The van der Waals surface area contributed by atoms with Crippen molar-refractivity contribution in [2.75, 3.05) is 0 Å². The van der Waals surface area contributed by atoms with Gasteiger partial charge in [-0.25, -0.2) is 0 Å². The van der Waals surface area contributed by atoms with Crippen molar-refractivity contribution >= 4 is 17.3 Å². The van der Waals surface area contributed by atoms with Crippen molar-refractivity contribution in [2.24, 2.45) is 0 Å². The van der Waals surface area contributed by atoms with E-state index in [2.05, 4.69) is 0 Å². The van der Waals surface area contributed by atoms with E-state index < -0.39 is 0 Å². The molecule has 3 nitrogen and oxygen atoms in total. The normalized spacial score (nSPS) is 16.8. The van der Waals surface area contributed by atoms with Crippen LogP contribution in [0, 0.1) is 0 Å². The fraction of sp³-hybridized carbons (Fsp3) is 0.438. The molecule has 0 atom stereocenters. The SMILES string of the molecule is CC(=O)CC/C(C)=C/CC1=CC(=O)C(C)=C(C)C1=O. The fourth-order valence-electron chi connectivity index (χ4n) is 1.84. The summed E-state index contributed by atoms with van der Waals surface area (Å²) >= 11 is 0. The van der Waals surface area contributed by atoms with E-state index in [1.54, 1.807) is 20.8 Å².